The first kappa shape index (κ1) is 19.2. The summed E-state index contributed by atoms with van der Waals surface area (Å²) in [5, 5.41) is 4.62. The van der Waals surface area contributed by atoms with Crippen LogP contribution in [0.3, 0.4) is 0 Å². The number of benzene rings is 2. The van der Waals surface area contributed by atoms with Crippen molar-refractivity contribution >= 4 is 54.6 Å². The quantitative estimate of drug-likeness (QED) is 0.581. The number of rotatable bonds is 4. The number of nitrogens with one attached hydrogen (secondary N) is 1. The van der Waals surface area contributed by atoms with Gasteiger partial charge in [-0.3, -0.25) is 9.10 Å². The maximum atomic E-state index is 13.0. The van der Waals surface area contributed by atoms with Crippen LogP contribution in [-0.4, -0.2) is 20.9 Å². The number of sulfonamides is 1. The molecule has 2 aromatic carbocycles. The van der Waals surface area contributed by atoms with Crippen LogP contribution in [0, 0.1) is 0 Å². The molecule has 0 radical (unpaired) electrons. The molecule has 0 spiro atoms. The molecule has 3 aromatic rings. The highest BCUT2D eigenvalue weighted by Gasteiger charge is 2.30. The summed E-state index contributed by atoms with van der Waals surface area (Å²) in [7, 11) is -3.60. The van der Waals surface area contributed by atoms with Gasteiger partial charge in [0.2, 0.25) is 0 Å². The number of amides is 1. The third-order valence-electron chi connectivity index (χ3n) is 4.57. The van der Waals surface area contributed by atoms with Crippen molar-refractivity contribution in [3.63, 3.8) is 0 Å². The van der Waals surface area contributed by atoms with Crippen molar-refractivity contribution in [3.05, 3.63) is 75.6 Å². The van der Waals surface area contributed by atoms with Crippen molar-refractivity contribution in [1.82, 2.24) is 0 Å². The molecule has 1 aliphatic rings. The van der Waals surface area contributed by atoms with E-state index in [1.165, 1.54) is 15.6 Å². The van der Waals surface area contributed by atoms with Crippen LogP contribution in [0.1, 0.15) is 22.3 Å². The Morgan fingerprint density at radius 1 is 1.11 bits per heavy atom. The molecular weight excluding hydrogens is 460 g/mol. The van der Waals surface area contributed by atoms with Crippen LogP contribution in [0.4, 0.5) is 11.4 Å². The molecule has 0 saturated heterocycles. The van der Waals surface area contributed by atoms with E-state index in [0.29, 0.717) is 27.7 Å². The van der Waals surface area contributed by atoms with Gasteiger partial charge in [0.1, 0.15) is 4.21 Å². The molecule has 144 valence electrons. The van der Waals surface area contributed by atoms with E-state index < -0.39 is 10.0 Å². The first-order valence-corrected chi connectivity index (χ1v) is 11.8. The van der Waals surface area contributed by atoms with Gasteiger partial charge in [0, 0.05) is 22.3 Å². The first-order valence-electron chi connectivity index (χ1n) is 8.71. The molecule has 1 amide bonds. The fraction of sp³-hybridized carbons (Fsp3) is 0.150. The topological polar surface area (TPSA) is 66.5 Å². The SMILES string of the molecule is O=C(Nc1ccc2c(c1)N(S(=O)(=O)c1cccs1)CCC2)c1ccc(Br)cc1. The minimum Gasteiger partial charge on any atom is -0.322 e. The summed E-state index contributed by atoms with van der Waals surface area (Å²) < 4.78 is 28.8. The number of anilines is 2. The number of aryl methyl sites for hydroxylation is 1. The molecule has 0 unspecified atom stereocenters. The minimum absolute atomic E-state index is 0.240. The van der Waals surface area contributed by atoms with Crippen LogP contribution in [0.25, 0.3) is 0 Å². The Bertz CT molecular complexity index is 1110. The van der Waals surface area contributed by atoms with Crippen LogP contribution in [0.15, 0.2) is 68.7 Å². The Balaban J connectivity index is 1.65. The second-order valence-corrected chi connectivity index (χ2v) is 10.4. The molecule has 0 saturated carbocycles. The number of hydrogen-bond donors (Lipinski definition) is 1. The van der Waals surface area contributed by atoms with Crippen molar-refractivity contribution in [2.75, 3.05) is 16.2 Å². The van der Waals surface area contributed by atoms with Crippen LogP contribution < -0.4 is 9.62 Å². The van der Waals surface area contributed by atoms with E-state index in [9.17, 15) is 13.2 Å². The number of nitrogens with zero attached hydrogens (tertiary/aromatic N) is 1. The van der Waals surface area contributed by atoms with Gasteiger partial charge in [-0.2, -0.15) is 0 Å². The van der Waals surface area contributed by atoms with Crippen LogP contribution in [0.2, 0.25) is 0 Å². The van der Waals surface area contributed by atoms with Gasteiger partial charge in [-0.25, -0.2) is 8.42 Å². The van der Waals surface area contributed by atoms with Crippen molar-refractivity contribution in [2.45, 2.75) is 17.1 Å². The smallest absolute Gasteiger partial charge is 0.273 e. The standard InChI is InChI=1S/C20H17BrN2O3S2/c21-16-8-5-15(6-9-16)20(24)22-17-10-7-14-3-1-11-23(18(14)13-17)28(25,26)19-4-2-12-27-19/h2,4-10,12-13H,1,3,11H2,(H,22,24). The Morgan fingerprint density at radius 2 is 1.89 bits per heavy atom. The van der Waals surface area contributed by atoms with Gasteiger partial charge in [-0.1, -0.05) is 28.1 Å². The van der Waals surface area contributed by atoms with Gasteiger partial charge < -0.3 is 5.32 Å². The van der Waals surface area contributed by atoms with Crippen molar-refractivity contribution in [1.29, 1.82) is 0 Å². The Morgan fingerprint density at radius 3 is 2.61 bits per heavy atom. The summed E-state index contributed by atoms with van der Waals surface area (Å²) in [4.78, 5) is 12.5. The lowest BCUT2D eigenvalue weighted by molar-refractivity contribution is 0.102. The minimum atomic E-state index is -3.60. The molecule has 0 aliphatic carbocycles. The zero-order chi connectivity index (χ0) is 19.7. The summed E-state index contributed by atoms with van der Waals surface area (Å²) >= 11 is 4.56. The molecule has 5 nitrogen and oxygen atoms in total. The van der Waals surface area contributed by atoms with E-state index in [-0.39, 0.29) is 5.91 Å². The molecule has 1 N–H and O–H groups in total. The van der Waals surface area contributed by atoms with Gasteiger partial charge in [0.15, 0.2) is 0 Å². The van der Waals surface area contributed by atoms with Gasteiger partial charge >= 0.3 is 0 Å². The van der Waals surface area contributed by atoms with E-state index in [1.54, 1.807) is 47.8 Å². The number of hydrogen-bond acceptors (Lipinski definition) is 4. The summed E-state index contributed by atoms with van der Waals surface area (Å²) in [6.07, 6.45) is 1.58. The number of thiophene rings is 1. The summed E-state index contributed by atoms with van der Waals surface area (Å²) in [6, 6.07) is 15.9. The molecular formula is C20H17BrN2O3S2. The molecule has 0 fully saturated rings. The predicted molar refractivity (Wildman–Crippen MR) is 116 cm³/mol. The van der Waals surface area contributed by atoms with Crippen molar-refractivity contribution in [2.24, 2.45) is 0 Å². The molecule has 8 heteroatoms. The summed E-state index contributed by atoms with van der Waals surface area (Å²) in [6.45, 7) is 0.428. The monoisotopic (exact) mass is 476 g/mol. The molecule has 1 aliphatic heterocycles. The third-order valence-corrected chi connectivity index (χ3v) is 8.28. The largest absolute Gasteiger partial charge is 0.322 e. The van der Waals surface area contributed by atoms with Crippen molar-refractivity contribution < 1.29 is 13.2 Å². The van der Waals surface area contributed by atoms with Crippen molar-refractivity contribution in [3.8, 4) is 0 Å². The maximum Gasteiger partial charge on any atom is 0.273 e. The fourth-order valence-corrected chi connectivity index (χ4v) is 6.09. The highest BCUT2D eigenvalue weighted by molar-refractivity contribution is 9.10. The lowest BCUT2D eigenvalue weighted by atomic mass is 10.0. The first-order chi connectivity index (χ1) is 13.4. The molecule has 0 atom stereocenters. The lowest BCUT2D eigenvalue weighted by Gasteiger charge is -2.30. The Labute approximate surface area is 176 Å². The molecule has 28 heavy (non-hydrogen) atoms. The van der Waals surface area contributed by atoms with Gasteiger partial charge in [0.05, 0.1) is 5.69 Å². The zero-order valence-electron chi connectivity index (χ0n) is 14.8. The van der Waals surface area contributed by atoms with Gasteiger partial charge in [-0.15, -0.1) is 11.3 Å². The van der Waals surface area contributed by atoms with E-state index in [1.807, 2.05) is 12.1 Å². The third kappa shape index (κ3) is 3.72. The van der Waals surface area contributed by atoms with Gasteiger partial charge in [0.25, 0.3) is 15.9 Å². The van der Waals surface area contributed by atoms with Crippen LogP contribution in [-0.2, 0) is 16.4 Å². The fourth-order valence-electron chi connectivity index (χ4n) is 3.19. The molecule has 0 bridgehead atoms. The zero-order valence-corrected chi connectivity index (χ0v) is 18.0. The van der Waals surface area contributed by atoms with E-state index >= 15 is 0 Å². The molecule has 2 heterocycles. The second kappa shape index (κ2) is 7.69. The molecule has 4 rings (SSSR count). The van der Waals surface area contributed by atoms with Crippen LogP contribution in [0.5, 0.6) is 0 Å². The predicted octanol–water partition coefficient (Wildman–Crippen LogP) is 4.90. The number of carbonyl (C=O) groups is 1. The average molecular weight is 477 g/mol. The Hall–Kier alpha value is -2.16. The van der Waals surface area contributed by atoms with E-state index in [4.69, 9.17) is 0 Å². The normalized spacial score (nSPS) is 13.8. The summed E-state index contributed by atoms with van der Waals surface area (Å²) in [5.41, 5.74) is 2.70. The summed E-state index contributed by atoms with van der Waals surface area (Å²) in [5.74, 6) is -0.240. The van der Waals surface area contributed by atoms with Crippen LogP contribution >= 0.6 is 27.3 Å². The number of halogens is 1. The maximum absolute atomic E-state index is 13.0. The van der Waals surface area contributed by atoms with E-state index in [2.05, 4.69) is 21.2 Å². The Kier molecular flexibility index (Phi) is 5.27. The number of fused-ring (bicyclic) bond motifs is 1. The molecule has 1 aromatic heterocycles. The highest BCUT2D eigenvalue weighted by atomic mass is 79.9. The van der Waals surface area contributed by atoms with E-state index in [0.717, 1.165) is 22.9 Å². The number of carbonyl (C=O) groups excluding carboxylic acids is 1. The van der Waals surface area contributed by atoms with Gasteiger partial charge in [-0.05, 0) is 66.2 Å². The lowest BCUT2D eigenvalue weighted by Crippen LogP contribution is -2.35. The second-order valence-electron chi connectivity index (χ2n) is 6.42. The highest BCUT2D eigenvalue weighted by Crippen LogP contribution is 2.35. The average Bonchev–Trinajstić information content (AvgIpc) is 3.23.